The third-order valence-corrected chi connectivity index (χ3v) is 8.39. The van der Waals surface area contributed by atoms with Gasteiger partial charge in [-0.3, -0.25) is 9.69 Å². The van der Waals surface area contributed by atoms with Crippen molar-refractivity contribution in [3.63, 3.8) is 0 Å². The summed E-state index contributed by atoms with van der Waals surface area (Å²) in [5.74, 6) is 1.20. The molecule has 5 rings (SSSR count). The Balaban J connectivity index is 1.42. The average molecular weight is 702 g/mol. The molecule has 1 fully saturated rings. The first-order valence-electron chi connectivity index (χ1n) is 11.5. The molecule has 1 heterocycles. The average Bonchev–Trinajstić information content (AvgIpc) is 3.16. The lowest BCUT2D eigenvalue weighted by molar-refractivity contribution is -0.113. The Hall–Kier alpha value is -2.40. The van der Waals surface area contributed by atoms with Crippen molar-refractivity contribution < 1.29 is 14.3 Å². The number of nitrogens with zero attached hydrogens (tertiary/aromatic N) is 1. The minimum atomic E-state index is -0.137. The first kappa shape index (κ1) is 26.2. The molecular weight excluding hydrogens is 681 g/mol. The zero-order chi connectivity index (χ0) is 25.9. The van der Waals surface area contributed by atoms with E-state index in [1.165, 1.54) is 22.5 Å². The van der Waals surface area contributed by atoms with Crippen LogP contribution in [0.2, 0.25) is 0 Å². The summed E-state index contributed by atoms with van der Waals surface area (Å²) in [5.41, 5.74) is 2.70. The monoisotopic (exact) mass is 701 g/mol. The van der Waals surface area contributed by atoms with Gasteiger partial charge in [-0.25, -0.2) is 0 Å². The molecule has 4 aromatic carbocycles. The Morgan fingerprint density at radius 2 is 1.78 bits per heavy atom. The topological polar surface area (TPSA) is 38.8 Å². The van der Waals surface area contributed by atoms with Crippen molar-refractivity contribution in [1.29, 1.82) is 0 Å². The predicted octanol–water partition coefficient (Wildman–Crippen LogP) is 8.59. The molecular formula is C29H21BrINO3S2. The number of ether oxygens (including phenoxy) is 2. The van der Waals surface area contributed by atoms with E-state index >= 15 is 0 Å². The smallest absolute Gasteiger partial charge is 0.270 e. The second kappa shape index (κ2) is 11.6. The van der Waals surface area contributed by atoms with Gasteiger partial charge in [0.05, 0.1) is 20.8 Å². The van der Waals surface area contributed by atoms with E-state index < -0.39 is 0 Å². The van der Waals surface area contributed by atoms with Crippen LogP contribution >= 0.6 is 62.5 Å². The lowest BCUT2D eigenvalue weighted by Crippen LogP contribution is -2.27. The van der Waals surface area contributed by atoms with Gasteiger partial charge in [-0.1, -0.05) is 82.4 Å². The molecule has 0 radical (unpaired) electrons. The minimum Gasteiger partial charge on any atom is -0.490 e. The highest BCUT2D eigenvalue weighted by atomic mass is 127. The van der Waals surface area contributed by atoms with Crippen LogP contribution in [0.5, 0.6) is 11.5 Å². The molecule has 8 heteroatoms. The molecule has 0 unspecified atom stereocenters. The molecule has 1 saturated heterocycles. The number of thiocarbonyl (C=S) groups is 1. The lowest BCUT2D eigenvalue weighted by Gasteiger charge is -2.16. The molecule has 1 aliphatic heterocycles. The highest BCUT2D eigenvalue weighted by Gasteiger charge is 2.33. The number of hydrogen-bond acceptors (Lipinski definition) is 5. The molecule has 0 spiro atoms. The molecule has 0 N–H and O–H groups in total. The summed E-state index contributed by atoms with van der Waals surface area (Å²) in [4.78, 5) is 15.3. The largest absolute Gasteiger partial charge is 0.490 e. The van der Waals surface area contributed by atoms with Gasteiger partial charge in [0.2, 0.25) is 0 Å². The summed E-state index contributed by atoms with van der Waals surface area (Å²) in [6, 6.07) is 25.9. The van der Waals surface area contributed by atoms with Gasteiger partial charge in [0.25, 0.3) is 5.91 Å². The van der Waals surface area contributed by atoms with Crippen LogP contribution in [0.4, 0.5) is 5.69 Å². The predicted molar refractivity (Wildman–Crippen MR) is 168 cm³/mol. The summed E-state index contributed by atoms with van der Waals surface area (Å²) < 4.78 is 14.6. The highest BCUT2D eigenvalue weighted by Crippen LogP contribution is 2.39. The maximum atomic E-state index is 13.2. The van der Waals surface area contributed by atoms with Crippen LogP contribution in [0.15, 0.2) is 88.2 Å². The molecule has 0 atom stereocenters. The van der Waals surface area contributed by atoms with Gasteiger partial charge >= 0.3 is 0 Å². The van der Waals surface area contributed by atoms with Gasteiger partial charge in [0.1, 0.15) is 6.61 Å². The number of rotatable bonds is 7. The number of thioether (sulfide) groups is 1. The van der Waals surface area contributed by atoms with Gasteiger partial charge in [-0.05, 0) is 93.9 Å². The second-order valence-corrected chi connectivity index (χ2v) is 11.9. The van der Waals surface area contributed by atoms with Crippen LogP contribution in [-0.2, 0) is 11.4 Å². The van der Waals surface area contributed by atoms with Crippen molar-refractivity contribution >= 4 is 95.3 Å². The SMILES string of the molecule is CCOc1cc(/C=C2/SC(=S)N(c3ccc(Br)cc3)C2=O)cc(I)c1OCc1cccc2ccccc12. The van der Waals surface area contributed by atoms with Gasteiger partial charge < -0.3 is 9.47 Å². The lowest BCUT2D eigenvalue weighted by atomic mass is 10.1. The van der Waals surface area contributed by atoms with Gasteiger partial charge in [0, 0.05) is 4.47 Å². The summed E-state index contributed by atoms with van der Waals surface area (Å²) in [6.45, 7) is 2.86. The van der Waals surface area contributed by atoms with Crippen LogP contribution in [0.1, 0.15) is 18.1 Å². The molecule has 4 aromatic rings. The van der Waals surface area contributed by atoms with Gasteiger partial charge in [0.15, 0.2) is 15.8 Å². The third kappa shape index (κ3) is 5.72. The fraction of sp³-hybridized carbons (Fsp3) is 0.103. The zero-order valence-corrected chi connectivity index (χ0v) is 25.1. The van der Waals surface area contributed by atoms with Crippen molar-refractivity contribution in [2.75, 3.05) is 11.5 Å². The summed E-state index contributed by atoms with van der Waals surface area (Å²) in [5, 5.41) is 2.35. The number of carbonyl (C=O) groups is 1. The van der Waals surface area contributed by atoms with Crippen LogP contribution in [0.25, 0.3) is 16.8 Å². The quantitative estimate of drug-likeness (QED) is 0.110. The number of anilines is 1. The minimum absolute atomic E-state index is 0.137. The Morgan fingerprint density at radius 1 is 1.03 bits per heavy atom. The zero-order valence-electron chi connectivity index (χ0n) is 19.7. The highest BCUT2D eigenvalue weighted by molar-refractivity contribution is 14.1. The Bertz CT molecular complexity index is 1530. The summed E-state index contributed by atoms with van der Waals surface area (Å²) in [6.07, 6.45) is 1.86. The fourth-order valence-electron chi connectivity index (χ4n) is 4.07. The maximum Gasteiger partial charge on any atom is 0.270 e. The Labute approximate surface area is 247 Å². The van der Waals surface area contributed by atoms with Gasteiger partial charge in [-0.15, -0.1) is 0 Å². The molecule has 0 aliphatic carbocycles. The van der Waals surface area contributed by atoms with Crippen molar-refractivity contribution in [3.05, 3.63) is 103 Å². The fourth-order valence-corrected chi connectivity index (χ4v) is 6.42. The number of benzene rings is 4. The molecule has 0 aromatic heterocycles. The molecule has 186 valence electrons. The Kier molecular flexibility index (Phi) is 8.18. The van der Waals surface area contributed by atoms with Crippen molar-refractivity contribution in [2.45, 2.75) is 13.5 Å². The Morgan fingerprint density at radius 3 is 2.57 bits per heavy atom. The molecule has 0 bridgehead atoms. The number of hydrogen-bond donors (Lipinski definition) is 0. The van der Waals surface area contributed by atoms with Crippen molar-refractivity contribution in [2.24, 2.45) is 0 Å². The van der Waals surface area contributed by atoms with Crippen molar-refractivity contribution in [1.82, 2.24) is 0 Å². The first-order valence-corrected chi connectivity index (χ1v) is 14.6. The normalized spacial score (nSPS) is 14.6. The van der Waals surface area contributed by atoms with E-state index in [4.69, 9.17) is 21.7 Å². The van der Waals surface area contributed by atoms with Gasteiger partial charge in [-0.2, -0.15) is 0 Å². The van der Waals surface area contributed by atoms with E-state index in [9.17, 15) is 4.79 Å². The standard InChI is InChI=1S/C29H21BrINO3S2/c1-2-34-25-15-18(16-26-28(33)32(29(36)37-26)22-12-10-21(30)11-13-22)14-24(31)27(25)35-17-20-8-5-7-19-6-3-4-9-23(19)20/h3-16H,2,17H2,1H3/b26-16+. The van der Waals surface area contributed by atoms with E-state index in [0.29, 0.717) is 33.9 Å². The number of amides is 1. The van der Waals surface area contributed by atoms with Crippen LogP contribution in [0.3, 0.4) is 0 Å². The summed E-state index contributed by atoms with van der Waals surface area (Å²) >= 11 is 12.5. The number of carbonyl (C=O) groups excluding carboxylic acids is 1. The molecule has 1 aliphatic rings. The van der Waals surface area contributed by atoms with E-state index in [-0.39, 0.29) is 5.91 Å². The molecule has 4 nitrogen and oxygen atoms in total. The molecule has 1 amide bonds. The number of halogens is 2. The first-order chi connectivity index (χ1) is 17.9. The summed E-state index contributed by atoms with van der Waals surface area (Å²) in [7, 11) is 0. The number of fused-ring (bicyclic) bond motifs is 1. The van der Waals surface area contributed by atoms with Crippen LogP contribution < -0.4 is 14.4 Å². The van der Waals surface area contributed by atoms with E-state index in [1.807, 2.05) is 67.6 Å². The third-order valence-electron chi connectivity index (χ3n) is 5.76. The van der Waals surface area contributed by atoms with Crippen molar-refractivity contribution in [3.8, 4) is 11.5 Å². The van der Waals surface area contributed by atoms with Crippen LogP contribution in [-0.4, -0.2) is 16.8 Å². The maximum absolute atomic E-state index is 13.2. The second-order valence-electron chi connectivity index (χ2n) is 8.18. The van der Waals surface area contributed by atoms with E-state index in [1.54, 1.807) is 4.90 Å². The van der Waals surface area contributed by atoms with E-state index in [0.717, 1.165) is 24.9 Å². The van der Waals surface area contributed by atoms with E-state index in [2.05, 4.69) is 62.8 Å². The molecule has 37 heavy (non-hydrogen) atoms. The van der Waals surface area contributed by atoms with Crippen LogP contribution in [0, 0.1) is 3.57 Å². The molecule has 0 saturated carbocycles.